The van der Waals surface area contributed by atoms with E-state index in [1.165, 1.54) is 0 Å². The third-order valence-corrected chi connectivity index (χ3v) is 3.49. The molecular formula is C14H12BrClO2. The third kappa shape index (κ3) is 3.40. The predicted octanol–water partition coefficient (Wildman–Crippen LogP) is 4.69. The van der Waals surface area contributed by atoms with E-state index < -0.39 is 0 Å². The number of halogens is 2. The summed E-state index contributed by atoms with van der Waals surface area (Å²) in [6.07, 6.45) is 0. The highest BCUT2D eigenvalue weighted by Crippen LogP contribution is 2.24. The van der Waals surface area contributed by atoms with Gasteiger partial charge in [0.15, 0.2) is 0 Å². The molecule has 2 rings (SSSR count). The topological polar surface area (TPSA) is 18.5 Å². The van der Waals surface area contributed by atoms with Crippen molar-refractivity contribution in [2.75, 3.05) is 7.11 Å². The van der Waals surface area contributed by atoms with Crippen molar-refractivity contribution in [1.29, 1.82) is 0 Å². The van der Waals surface area contributed by atoms with Gasteiger partial charge >= 0.3 is 0 Å². The molecule has 0 spiro atoms. The Bertz CT molecular complexity index is 526. The molecule has 94 valence electrons. The average molecular weight is 328 g/mol. The molecule has 0 amide bonds. The molecule has 0 heterocycles. The molecular weight excluding hydrogens is 316 g/mol. The Kier molecular flexibility index (Phi) is 4.50. The maximum absolute atomic E-state index is 5.81. The molecule has 0 aliphatic heterocycles. The molecule has 0 aliphatic rings. The predicted molar refractivity (Wildman–Crippen MR) is 76.5 cm³/mol. The van der Waals surface area contributed by atoms with Gasteiger partial charge in [0.1, 0.15) is 18.1 Å². The maximum Gasteiger partial charge on any atom is 0.119 e. The minimum absolute atomic E-state index is 0.472. The van der Waals surface area contributed by atoms with Crippen molar-refractivity contribution in [2.24, 2.45) is 0 Å². The lowest BCUT2D eigenvalue weighted by Gasteiger charge is -2.09. The Labute approximate surface area is 120 Å². The van der Waals surface area contributed by atoms with E-state index in [0.717, 1.165) is 21.5 Å². The SMILES string of the molecule is COc1ccc(Br)c(COc2ccc(Cl)cc2)c1. The van der Waals surface area contributed by atoms with Crippen LogP contribution >= 0.6 is 27.5 Å². The monoisotopic (exact) mass is 326 g/mol. The molecule has 2 aromatic rings. The minimum Gasteiger partial charge on any atom is -0.497 e. The van der Waals surface area contributed by atoms with Gasteiger partial charge in [-0.3, -0.25) is 0 Å². The molecule has 0 saturated carbocycles. The van der Waals surface area contributed by atoms with Gasteiger partial charge in [-0.05, 0) is 42.5 Å². The number of ether oxygens (including phenoxy) is 2. The second-order valence-corrected chi connectivity index (χ2v) is 4.99. The Balaban J connectivity index is 2.07. The molecule has 4 heteroatoms. The van der Waals surface area contributed by atoms with Crippen LogP contribution in [-0.4, -0.2) is 7.11 Å². The van der Waals surface area contributed by atoms with Crippen LogP contribution in [0.15, 0.2) is 46.9 Å². The van der Waals surface area contributed by atoms with E-state index in [1.54, 1.807) is 19.2 Å². The standard InChI is InChI=1S/C14H12BrClO2/c1-17-13-6-7-14(15)10(8-13)9-18-12-4-2-11(16)3-5-12/h2-8H,9H2,1H3. The van der Waals surface area contributed by atoms with Crippen molar-refractivity contribution in [3.8, 4) is 11.5 Å². The van der Waals surface area contributed by atoms with Gasteiger partial charge in [0, 0.05) is 15.1 Å². The van der Waals surface area contributed by atoms with E-state index in [-0.39, 0.29) is 0 Å². The van der Waals surface area contributed by atoms with E-state index in [9.17, 15) is 0 Å². The Hall–Kier alpha value is -1.19. The van der Waals surface area contributed by atoms with Crippen molar-refractivity contribution < 1.29 is 9.47 Å². The summed E-state index contributed by atoms with van der Waals surface area (Å²) in [7, 11) is 1.65. The van der Waals surface area contributed by atoms with Gasteiger partial charge in [0.2, 0.25) is 0 Å². The van der Waals surface area contributed by atoms with Crippen LogP contribution in [0.25, 0.3) is 0 Å². The van der Waals surface area contributed by atoms with Crippen LogP contribution in [0.4, 0.5) is 0 Å². The lowest BCUT2D eigenvalue weighted by atomic mass is 10.2. The van der Waals surface area contributed by atoms with E-state index in [2.05, 4.69) is 15.9 Å². The zero-order chi connectivity index (χ0) is 13.0. The summed E-state index contributed by atoms with van der Waals surface area (Å²) in [5.74, 6) is 1.60. The van der Waals surface area contributed by atoms with E-state index in [0.29, 0.717) is 11.6 Å². The van der Waals surface area contributed by atoms with Crippen LogP contribution < -0.4 is 9.47 Å². The van der Waals surface area contributed by atoms with Crippen molar-refractivity contribution in [2.45, 2.75) is 6.61 Å². The molecule has 0 unspecified atom stereocenters. The second kappa shape index (κ2) is 6.12. The quantitative estimate of drug-likeness (QED) is 0.811. The summed E-state index contributed by atoms with van der Waals surface area (Å²) < 4.78 is 11.9. The van der Waals surface area contributed by atoms with Crippen LogP contribution in [0.1, 0.15) is 5.56 Å². The zero-order valence-electron chi connectivity index (χ0n) is 9.82. The molecule has 2 nitrogen and oxygen atoms in total. The highest BCUT2D eigenvalue weighted by molar-refractivity contribution is 9.10. The molecule has 0 aromatic heterocycles. The summed E-state index contributed by atoms with van der Waals surface area (Å²) in [5, 5.41) is 0.699. The highest BCUT2D eigenvalue weighted by atomic mass is 79.9. The van der Waals surface area contributed by atoms with Crippen LogP contribution in [0.5, 0.6) is 11.5 Å². The summed E-state index contributed by atoms with van der Waals surface area (Å²) in [6, 6.07) is 13.1. The van der Waals surface area contributed by atoms with Gasteiger partial charge in [0.25, 0.3) is 0 Å². The normalized spacial score (nSPS) is 10.2. The van der Waals surface area contributed by atoms with E-state index in [4.69, 9.17) is 21.1 Å². The van der Waals surface area contributed by atoms with Gasteiger partial charge < -0.3 is 9.47 Å². The molecule has 0 bridgehead atoms. The van der Waals surface area contributed by atoms with Crippen LogP contribution in [0.2, 0.25) is 5.02 Å². The molecule has 0 atom stereocenters. The first-order chi connectivity index (χ1) is 8.69. The first kappa shape index (κ1) is 13.2. The third-order valence-electron chi connectivity index (χ3n) is 2.46. The number of methoxy groups -OCH3 is 1. The number of benzene rings is 2. The summed E-state index contributed by atoms with van der Waals surface area (Å²) in [4.78, 5) is 0. The average Bonchev–Trinajstić information content (AvgIpc) is 2.40. The summed E-state index contributed by atoms with van der Waals surface area (Å²) in [5.41, 5.74) is 1.03. The van der Waals surface area contributed by atoms with Crippen molar-refractivity contribution in [3.05, 3.63) is 57.5 Å². The van der Waals surface area contributed by atoms with Gasteiger partial charge in [-0.2, -0.15) is 0 Å². The Morgan fingerprint density at radius 3 is 2.39 bits per heavy atom. The Morgan fingerprint density at radius 1 is 1.06 bits per heavy atom. The highest BCUT2D eigenvalue weighted by Gasteiger charge is 2.03. The van der Waals surface area contributed by atoms with Gasteiger partial charge in [0.05, 0.1) is 7.11 Å². The van der Waals surface area contributed by atoms with E-state index >= 15 is 0 Å². The van der Waals surface area contributed by atoms with Crippen molar-refractivity contribution in [1.82, 2.24) is 0 Å². The summed E-state index contributed by atoms with van der Waals surface area (Å²) >= 11 is 9.30. The first-order valence-corrected chi connectivity index (χ1v) is 6.57. The molecule has 0 radical (unpaired) electrons. The Morgan fingerprint density at radius 2 is 1.72 bits per heavy atom. The molecule has 0 fully saturated rings. The molecule has 0 aliphatic carbocycles. The summed E-state index contributed by atoms with van der Waals surface area (Å²) in [6.45, 7) is 0.472. The van der Waals surface area contributed by atoms with Crippen LogP contribution in [-0.2, 0) is 6.61 Å². The fourth-order valence-electron chi connectivity index (χ4n) is 1.48. The largest absolute Gasteiger partial charge is 0.497 e. The van der Waals surface area contributed by atoms with Gasteiger partial charge in [-0.15, -0.1) is 0 Å². The second-order valence-electron chi connectivity index (χ2n) is 3.70. The zero-order valence-corrected chi connectivity index (χ0v) is 12.2. The van der Waals surface area contributed by atoms with Crippen LogP contribution in [0.3, 0.4) is 0 Å². The molecule has 18 heavy (non-hydrogen) atoms. The minimum atomic E-state index is 0.472. The van der Waals surface area contributed by atoms with Crippen molar-refractivity contribution >= 4 is 27.5 Å². The number of hydrogen-bond donors (Lipinski definition) is 0. The smallest absolute Gasteiger partial charge is 0.119 e. The molecule has 0 N–H and O–H groups in total. The fourth-order valence-corrected chi connectivity index (χ4v) is 1.97. The molecule has 0 saturated heterocycles. The number of hydrogen-bond acceptors (Lipinski definition) is 2. The maximum atomic E-state index is 5.81. The van der Waals surface area contributed by atoms with E-state index in [1.807, 2.05) is 30.3 Å². The van der Waals surface area contributed by atoms with Gasteiger partial charge in [-0.25, -0.2) is 0 Å². The van der Waals surface area contributed by atoms with Crippen LogP contribution in [0, 0.1) is 0 Å². The lowest BCUT2D eigenvalue weighted by Crippen LogP contribution is -1.97. The van der Waals surface area contributed by atoms with Gasteiger partial charge in [-0.1, -0.05) is 27.5 Å². The molecule has 2 aromatic carbocycles. The fraction of sp³-hybridized carbons (Fsp3) is 0.143. The first-order valence-electron chi connectivity index (χ1n) is 5.40. The lowest BCUT2D eigenvalue weighted by molar-refractivity contribution is 0.304. The van der Waals surface area contributed by atoms with Crippen molar-refractivity contribution in [3.63, 3.8) is 0 Å². The number of rotatable bonds is 4.